The first kappa shape index (κ1) is 19.7. The lowest BCUT2D eigenvalue weighted by Crippen LogP contribution is -2.17. The van der Waals surface area contributed by atoms with Crippen molar-refractivity contribution in [2.75, 3.05) is 7.11 Å². The Bertz CT molecular complexity index is 1130. The highest BCUT2D eigenvalue weighted by atomic mass is 79.9. The standard InChI is InChI=1S/C23H23BrN2O3/c1-15-7-6-14-26-22(15)25-18(20(24)23(26)27)13-12-16-8-5-11-19(28-2)21(16)29-17-9-3-4-10-17/h5-8,11-14,17H,3-4,9-10H2,1-2H3/b13-12+. The van der Waals surface area contributed by atoms with Crippen LogP contribution in [0.3, 0.4) is 0 Å². The number of pyridine rings is 1. The summed E-state index contributed by atoms with van der Waals surface area (Å²) in [5.74, 6) is 1.45. The van der Waals surface area contributed by atoms with Gasteiger partial charge in [-0.3, -0.25) is 9.20 Å². The minimum atomic E-state index is -0.133. The zero-order valence-electron chi connectivity index (χ0n) is 16.5. The van der Waals surface area contributed by atoms with Crippen molar-refractivity contribution in [1.29, 1.82) is 0 Å². The SMILES string of the molecule is COc1cccc(/C=C/c2nc3c(C)cccn3c(=O)c2Br)c1OC1CCCC1. The number of fused-ring (bicyclic) bond motifs is 1. The Hall–Kier alpha value is -2.60. The highest BCUT2D eigenvalue weighted by Gasteiger charge is 2.20. The molecule has 0 amide bonds. The lowest BCUT2D eigenvalue weighted by atomic mass is 10.1. The molecule has 29 heavy (non-hydrogen) atoms. The van der Waals surface area contributed by atoms with Gasteiger partial charge >= 0.3 is 0 Å². The number of hydrogen-bond acceptors (Lipinski definition) is 4. The summed E-state index contributed by atoms with van der Waals surface area (Å²) in [7, 11) is 1.65. The summed E-state index contributed by atoms with van der Waals surface area (Å²) in [4.78, 5) is 17.4. The van der Waals surface area contributed by atoms with Crippen LogP contribution in [0.4, 0.5) is 0 Å². The molecule has 1 aromatic carbocycles. The van der Waals surface area contributed by atoms with Gasteiger partial charge in [0.1, 0.15) is 10.1 Å². The molecule has 2 heterocycles. The van der Waals surface area contributed by atoms with Gasteiger partial charge in [0.2, 0.25) is 0 Å². The highest BCUT2D eigenvalue weighted by molar-refractivity contribution is 9.10. The van der Waals surface area contributed by atoms with E-state index in [0.29, 0.717) is 21.6 Å². The van der Waals surface area contributed by atoms with Gasteiger partial charge in [-0.2, -0.15) is 0 Å². The Morgan fingerprint density at radius 1 is 1.17 bits per heavy atom. The molecule has 0 N–H and O–H groups in total. The van der Waals surface area contributed by atoms with Crippen molar-refractivity contribution in [3.8, 4) is 11.5 Å². The Morgan fingerprint density at radius 2 is 1.97 bits per heavy atom. The fourth-order valence-electron chi connectivity index (χ4n) is 3.70. The summed E-state index contributed by atoms with van der Waals surface area (Å²) in [6.07, 6.45) is 10.2. The predicted octanol–water partition coefficient (Wildman–Crippen LogP) is 5.27. The molecule has 0 atom stereocenters. The first-order valence-electron chi connectivity index (χ1n) is 9.77. The number of nitrogens with zero attached hydrogens (tertiary/aromatic N) is 2. The average Bonchev–Trinajstić information content (AvgIpc) is 3.24. The number of aryl methyl sites for hydroxylation is 1. The zero-order chi connectivity index (χ0) is 20.4. The predicted molar refractivity (Wildman–Crippen MR) is 119 cm³/mol. The van der Waals surface area contributed by atoms with Gasteiger partial charge in [-0.1, -0.05) is 18.2 Å². The molecule has 3 aromatic rings. The number of rotatable bonds is 5. The van der Waals surface area contributed by atoms with Gasteiger partial charge in [0, 0.05) is 11.8 Å². The molecule has 1 aliphatic rings. The second-order valence-corrected chi connectivity index (χ2v) is 8.03. The molecule has 0 bridgehead atoms. The van der Waals surface area contributed by atoms with Crippen LogP contribution in [0, 0.1) is 6.92 Å². The average molecular weight is 455 g/mol. The van der Waals surface area contributed by atoms with Crippen molar-refractivity contribution < 1.29 is 9.47 Å². The van der Waals surface area contributed by atoms with E-state index in [1.165, 1.54) is 12.8 Å². The highest BCUT2D eigenvalue weighted by Crippen LogP contribution is 2.36. The molecule has 0 radical (unpaired) electrons. The van der Waals surface area contributed by atoms with Crippen molar-refractivity contribution in [1.82, 2.24) is 9.38 Å². The van der Waals surface area contributed by atoms with Crippen LogP contribution < -0.4 is 15.0 Å². The lowest BCUT2D eigenvalue weighted by Gasteiger charge is -2.18. The maximum atomic E-state index is 12.7. The smallest absolute Gasteiger partial charge is 0.272 e. The van der Waals surface area contributed by atoms with Gasteiger partial charge in [0.05, 0.1) is 18.9 Å². The second-order valence-electron chi connectivity index (χ2n) is 7.24. The molecule has 4 rings (SSSR count). The molecule has 6 heteroatoms. The van der Waals surface area contributed by atoms with Crippen LogP contribution in [-0.4, -0.2) is 22.6 Å². The van der Waals surface area contributed by atoms with E-state index in [1.54, 1.807) is 17.7 Å². The largest absolute Gasteiger partial charge is 0.493 e. The van der Waals surface area contributed by atoms with Crippen LogP contribution in [0.25, 0.3) is 17.8 Å². The Labute approximate surface area is 178 Å². The van der Waals surface area contributed by atoms with Gasteiger partial charge in [-0.25, -0.2) is 4.98 Å². The summed E-state index contributed by atoms with van der Waals surface area (Å²) in [6, 6.07) is 9.61. The molecule has 0 spiro atoms. The first-order valence-corrected chi connectivity index (χ1v) is 10.6. The third kappa shape index (κ3) is 3.94. The molecule has 150 valence electrons. The van der Waals surface area contributed by atoms with Gasteiger partial charge in [-0.05, 0) is 78.4 Å². The fourth-order valence-corrected chi connectivity index (χ4v) is 4.11. The lowest BCUT2D eigenvalue weighted by molar-refractivity contribution is 0.200. The summed E-state index contributed by atoms with van der Waals surface area (Å²) >= 11 is 3.41. The molecule has 2 aromatic heterocycles. The van der Waals surface area contributed by atoms with Gasteiger partial charge in [-0.15, -0.1) is 0 Å². The van der Waals surface area contributed by atoms with Crippen LogP contribution in [-0.2, 0) is 0 Å². The minimum absolute atomic E-state index is 0.133. The van der Waals surface area contributed by atoms with Crippen molar-refractivity contribution in [2.45, 2.75) is 38.7 Å². The van der Waals surface area contributed by atoms with Gasteiger partial charge in [0.25, 0.3) is 5.56 Å². The van der Waals surface area contributed by atoms with E-state index >= 15 is 0 Å². The number of halogens is 1. The van der Waals surface area contributed by atoms with Gasteiger partial charge < -0.3 is 9.47 Å². The third-order valence-corrected chi connectivity index (χ3v) is 6.00. The fraction of sp³-hybridized carbons (Fsp3) is 0.304. The summed E-state index contributed by atoms with van der Waals surface area (Å²) in [5.41, 5.74) is 2.94. The first-order chi connectivity index (χ1) is 14.1. The molecule has 1 saturated carbocycles. The van der Waals surface area contributed by atoms with Crippen molar-refractivity contribution >= 4 is 33.7 Å². The van der Waals surface area contributed by atoms with E-state index in [0.717, 1.165) is 29.7 Å². The number of benzene rings is 1. The normalized spacial score (nSPS) is 14.7. The monoisotopic (exact) mass is 454 g/mol. The van der Waals surface area contributed by atoms with Crippen molar-refractivity contribution in [3.05, 3.63) is 68.2 Å². The molecule has 5 nitrogen and oxygen atoms in total. The number of aromatic nitrogens is 2. The molecular formula is C23H23BrN2O3. The summed E-state index contributed by atoms with van der Waals surface area (Å²) in [5, 5.41) is 0. The van der Waals surface area contributed by atoms with Crippen molar-refractivity contribution in [2.24, 2.45) is 0 Å². The van der Waals surface area contributed by atoms with Crippen LogP contribution in [0.1, 0.15) is 42.5 Å². The summed E-state index contributed by atoms with van der Waals surface area (Å²) < 4.78 is 13.8. The minimum Gasteiger partial charge on any atom is -0.493 e. The van der Waals surface area contributed by atoms with E-state index in [1.807, 2.05) is 49.4 Å². The Morgan fingerprint density at radius 3 is 2.72 bits per heavy atom. The molecule has 0 unspecified atom stereocenters. The van der Waals surface area contributed by atoms with Crippen LogP contribution >= 0.6 is 15.9 Å². The van der Waals surface area contributed by atoms with Crippen LogP contribution in [0.5, 0.6) is 11.5 Å². The maximum Gasteiger partial charge on any atom is 0.272 e. The Kier molecular flexibility index (Phi) is 5.72. The second kappa shape index (κ2) is 8.41. The molecule has 1 fully saturated rings. The van der Waals surface area contributed by atoms with E-state index in [2.05, 4.69) is 20.9 Å². The quantitative estimate of drug-likeness (QED) is 0.526. The maximum absolute atomic E-state index is 12.7. The van der Waals surface area contributed by atoms with Crippen LogP contribution in [0.2, 0.25) is 0 Å². The molecule has 1 aliphatic carbocycles. The third-order valence-electron chi connectivity index (χ3n) is 5.26. The van der Waals surface area contributed by atoms with E-state index in [4.69, 9.17) is 9.47 Å². The van der Waals surface area contributed by atoms with Gasteiger partial charge in [0.15, 0.2) is 11.5 Å². The van der Waals surface area contributed by atoms with E-state index in [-0.39, 0.29) is 11.7 Å². The number of hydrogen-bond donors (Lipinski definition) is 0. The van der Waals surface area contributed by atoms with E-state index < -0.39 is 0 Å². The molecule has 0 saturated heterocycles. The number of methoxy groups -OCH3 is 1. The summed E-state index contributed by atoms with van der Waals surface area (Å²) in [6.45, 7) is 1.94. The van der Waals surface area contributed by atoms with Crippen molar-refractivity contribution in [3.63, 3.8) is 0 Å². The number of ether oxygens (including phenoxy) is 2. The zero-order valence-corrected chi connectivity index (χ0v) is 18.1. The molecular weight excluding hydrogens is 432 g/mol. The Balaban J connectivity index is 1.75. The van der Waals surface area contributed by atoms with E-state index in [9.17, 15) is 4.79 Å². The van der Waals surface area contributed by atoms with Crippen LogP contribution in [0.15, 0.2) is 45.8 Å². The topological polar surface area (TPSA) is 52.8 Å². The molecule has 0 aliphatic heterocycles. The number of para-hydroxylation sites is 1.